The van der Waals surface area contributed by atoms with Crippen LogP contribution in [0.4, 0.5) is 0 Å². The fourth-order valence-electron chi connectivity index (χ4n) is 2.30. The number of likely N-dealkylation sites (tertiary alicyclic amines) is 1. The molecular formula is C14H19ClN2O2. The first-order chi connectivity index (χ1) is 9.20. The molecule has 0 radical (unpaired) electrons. The summed E-state index contributed by atoms with van der Waals surface area (Å²) in [5, 5.41) is 0.556. The van der Waals surface area contributed by atoms with E-state index in [9.17, 15) is 4.79 Å². The van der Waals surface area contributed by atoms with Gasteiger partial charge in [0.25, 0.3) is 0 Å². The molecule has 19 heavy (non-hydrogen) atoms. The predicted octanol–water partition coefficient (Wildman–Crippen LogP) is 2.16. The third-order valence-corrected chi connectivity index (χ3v) is 3.73. The minimum atomic E-state index is 0.132. The summed E-state index contributed by atoms with van der Waals surface area (Å²) in [5.74, 6) is 0.601. The number of hydrogen-bond donors (Lipinski definition) is 0. The molecule has 1 amide bonds. The molecule has 104 valence electrons. The summed E-state index contributed by atoms with van der Waals surface area (Å²) in [6.07, 6.45) is 4.61. The first-order valence-corrected chi connectivity index (χ1v) is 7.02. The van der Waals surface area contributed by atoms with Gasteiger partial charge in [-0.05, 0) is 25.0 Å². The van der Waals surface area contributed by atoms with Crippen molar-refractivity contribution in [2.24, 2.45) is 5.92 Å². The van der Waals surface area contributed by atoms with Gasteiger partial charge in [-0.15, -0.1) is 0 Å². The molecule has 1 fully saturated rings. The van der Waals surface area contributed by atoms with E-state index in [0.717, 1.165) is 38.3 Å². The van der Waals surface area contributed by atoms with E-state index in [-0.39, 0.29) is 5.91 Å². The third kappa shape index (κ3) is 3.91. The molecule has 5 heteroatoms. The summed E-state index contributed by atoms with van der Waals surface area (Å²) in [5.41, 5.74) is 0.843. The number of pyridine rings is 1. The van der Waals surface area contributed by atoms with Crippen molar-refractivity contribution in [3.63, 3.8) is 0 Å². The van der Waals surface area contributed by atoms with Crippen molar-refractivity contribution in [3.05, 3.63) is 29.0 Å². The fraction of sp³-hybridized carbons (Fsp3) is 0.571. The molecule has 0 N–H and O–H groups in total. The van der Waals surface area contributed by atoms with Crippen molar-refractivity contribution in [2.75, 3.05) is 26.3 Å². The molecule has 1 aromatic heterocycles. The van der Waals surface area contributed by atoms with Crippen LogP contribution in [-0.4, -0.2) is 42.1 Å². The lowest BCUT2D eigenvalue weighted by Crippen LogP contribution is -2.30. The van der Waals surface area contributed by atoms with Gasteiger partial charge in [0.05, 0.1) is 18.1 Å². The zero-order chi connectivity index (χ0) is 13.7. The van der Waals surface area contributed by atoms with Gasteiger partial charge in [-0.1, -0.05) is 11.6 Å². The van der Waals surface area contributed by atoms with Crippen LogP contribution in [0.1, 0.15) is 18.9 Å². The minimum Gasteiger partial charge on any atom is -0.381 e. The molecule has 0 spiro atoms. The van der Waals surface area contributed by atoms with E-state index in [1.807, 2.05) is 11.8 Å². The van der Waals surface area contributed by atoms with Crippen molar-refractivity contribution < 1.29 is 9.53 Å². The molecule has 0 saturated carbocycles. The maximum Gasteiger partial charge on any atom is 0.227 e. The van der Waals surface area contributed by atoms with E-state index in [1.165, 1.54) is 0 Å². The standard InChI is InChI=1S/C14H19ClN2O2/c1-2-19-10-11-4-6-17(9-11)14(18)7-12-3-5-16-8-13(12)15/h3,5,8,11H,2,4,6-7,9-10H2,1H3/t11-/m1/s1. The Kier molecular flexibility index (Phi) is 5.16. The highest BCUT2D eigenvalue weighted by atomic mass is 35.5. The van der Waals surface area contributed by atoms with E-state index >= 15 is 0 Å². The van der Waals surface area contributed by atoms with Gasteiger partial charge in [0, 0.05) is 38.0 Å². The number of carbonyl (C=O) groups is 1. The van der Waals surface area contributed by atoms with Gasteiger partial charge < -0.3 is 9.64 Å². The maximum atomic E-state index is 12.2. The highest BCUT2D eigenvalue weighted by Gasteiger charge is 2.26. The van der Waals surface area contributed by atoms with Crippen LogP contribution < -0.4 is 0 Å². The van der Waals surface area contributed by atoms with E-state index in [1.54, 1.807) is 18.5 Å². The Hall–Kier alpha value is -1.13. The lowest BCUT2D eigenvalue weighted by molar-refractivity contribution is -0.129. The third-order valence-electron chi connectivity index (χ3n) is 3.39. The maximum absolute atomic E-state index is 12.2. The molecule has 1 atom stereocenters. The second-order valence-electron chi connectivity index (χ2n) is 4.80. The zero-order valence-electron chi connectivity index (χ0n) is 11.1. The monoisotopic (exact) mass is 282 g/mol. The molecule has 1 aliphatic rings. The summed E-state index contributed by atoms with van der Waals surface area (Å²) in [4.78, 5) is 18.0. The number of amides is 1. The largest absolute Gasteiger partial charge is 0.381 e. The number of carbonyl (C=O) groups excluding carboxylic acids is 1. The lowest BCUT2D eigenvalue weighted by Gasteiger charge is -2.17. The molecule has 1 aromatic rings. The Morgan fingerprint density at radius 1 is 1.63 bits per heavy atom. The fourth-order valence-corrected chi connectivity index (χ4v) is 2.49. The Balaban J connectivity index is 1.86. The highest BCUT2D eigenvalue weighted by molar-refractivity contribution is 6.31. The van der Waals surface area contributed by atoms with Crippen molar-refractivity contribution in [1.29, 1.82) is 0 Å². The second-order valence-corrected chi connectivity index (χ2v) is 5.20. The smallest absolute Gasteiger partial charge is 0.227 e. The van der Waals surface area contributed by atoms with Crippen LogP contribution in [0.2, 0.25) is 5.02 Å². The van der Waals surface area contributed by atoms with Crippen LogP contribution in [0.25, 0.3) is 0 Å². The van der Waals surface area contributed by atoms with Crippen molar-refractivity contribution in [3.8, 4) is 0 Å². The van der Waals surface area contributed by atoms with Crippen molar-refractivity contribution >= 4 is 17.5 Å². The summed E-state index contributed by atoms with van der Waals surface area (Å²) in [7, 11) is 0. The molecular weight excluding hydrogens is 264 g/mol. The van der Waals surface area contributed by atoms with Crippen LogP contribution in [0.3, 0.4) is 0 Å². The van der Waals surface area contributed by atoms with Crippen LogP contribution in [0, 0.1) is 5.92 Å². The van der Waals surface area contributed by atoms with Gasteiger partial charge >= 0.3 is 0 Å². The van der Waals surface area contributed by atoms with Gasteiger partial charge in [-0.2, -0.15) is 0 Å². The second kappa shape index (κ2) is 6.87. The van der Waals surface area contributed by atoms with Crippen molar-refractivity contribution in [1.82, 2.24) is 9.88 Å². The summed E-state index contributed by atoms with van der Waals surface area (Å²) >= 11 is 6.02. The number of nitrogens with zero attached hydrogens (tertiary/aromatic N) is 2. The van der Waals surface area contributed by atoms with Crippen LogP contribution in [0.15, 0.2) is 18.5 Å². The van der Waals surface area contributed by atoms with Crippen LogP contribution in [-0.2, 0) is 16.0 Å². The normalized spacial score (nSPS) is 18.8. The van der Waals surface area contributed by atoms with Crippen LogP contribution >= 0.6 is 11.6 Å². The molecule has 2 heterocycles. The van der Waals surface area contributed by atoms with E-state index in [4.69, 9.17) is 16.3 Å². The molecule has 0 aromatic carbocycles. The van der Waals surface area contributed by atoms with Crippen LogP contribution in [0.5, 0.6) is 0 Å². The van der Waals surface area contributed by atoms with Gasteiger partial charge in [0.15, 0.2) is 0 Å². The van der Waals surface area contributed by atoms with E-state index < -0.39 is 0 Å². The average molecular weight is 283 g/mol. The molecule has 1 saturated heterocycles. The average Bonchev–Trinajstić information content (AvgIpc) is 2.88. The summed E-state index contributed by atoms with van der Waals surface area (Å²) < 4.78 is 5.42. The topological polar surface area (TPSA) is 42.4 Å². The quantitative estimate of drug-likeness (QED) is 0.831. The minimum absolute atomic E-state index is 0.132. The predicted molar refractivity (Wildman–Crippen MR) is 74.1 cm³/mol. The van der Waals surface area contributed by atoms with E-state index in [0.29, 0.717) is 17.4 Å². The first kappa shape index (κ1) is 14.3. The highest BCUT2D eigenvalue weighted by Crippen LogP contribution is 2.20. The summed E-state index contributed by atoms with van der Waals surface area (Å²) in [6.45, 7) is 5.08. The Labute approximate surface area is 118 Å². The van der Waals surface area contributed by atoms with Gasteiger partial charge in [0.2, 0.25) is 5.91 Å². The first-order valence-electron chi connectivity index (χ1n) is 6.64. The van der Waals surface area contributed by atoms with E-state index in [2.05, 4.69) is 4.98 Å². The van der Waals surface area contributed by atoms with Gasteiger partial charge in [-0.25, -0.2) is 0 Å². The van der Waals surface area contributed by atoms with Gasteiger partial charge in [0.1, 0.15) is 0 Å². The van der Waals surface area contributed by atoms with Crippen molar-refractivity contribution in [2.45, 2.75) is 19.8 Å². The SMILES string of the molecule is CCOC[C@@H]1CCN(C(=O)Cc2ccncc2Cl)C1. The Morgan fingerprint density at radius 3 is 3.21 bits per heavy atom. The Bertz CT molecular complexity index is 439. The zero-order valence-corrected chi connectivity index (χ0v) is 11.9. The molecule has 0 bridgehead atoms. The molecule has 1 aliphatic heterocycles. The number of halogens is 1. The number of aromatic nitrogens is 1. The molecule has 4 nitrogen and oxygen atoms in total. The number of ether oxygens (including phenoxy) is 1. The number of hydrogen-bond acceptors (Lipinski definition) is 3. The lowest BCUT2D eigenvalue weighted by atomic mass is 10.1. The Morgan fingerprint density at radius 2 is 2.47 bits per heavy atom. The molecule has 0 aliphatic carbocycles. The van der Waals surface area contributed by atoms with Gasteiger partial charge in [-0.3, -0.25) is 9.78 Å². The number of rotatable bonds is 5. The summed E-state index contributed by atoms with van der Waals surface area (Å²) in [6, 6.07) is 1.80. The molecule has 2 rings (SSSR count). The molecule has 0 unspecified atom stereocenters.